The van der Waals surface area contributed by atoms with Gasteiger partial charge in [-0.25, -0.2) is 14.8 Å². The second kappa shape index (κ2) is 6.37. The van der Waals surface area contributed by atoms with Crippen LogP contribution >= 0.6 is 22.7 Å². The van der Waals surface area contributed by atoms with Crippen LogP contribution in [0.25, 0.3) is 9.88 Å². The highest BCUT2D eigenvalue weighted by Gasteiger charge is 2.17. The van der Waals surface area contributed by atoms with Crippen molar-refractivity contribution in [3.05, 3.63) is 11.6 Å². The number of rotatable bonds is 4. The van der Waals surface area contributed by atoms with Crippen LogP contribution in [0.5, 0.6) is 0 Å². The SMILES string of the molecule is Nc1nc(NC(=O)NC[C@@H]2CCCO2)sc1-c1nccs1. The van der Waals surface area contributed by atoms with Crippen LogP contribution in [0.4, 0.5) is 15.7 Å². The molecule has 1 fully saturated rings. The number of amides is 2. The first kappa shape index (κ1) is 14.2. The molecule has 112 valence electrons. The number of aromatic nitrogens is 2. The Labute approximate surface area is 129 Å². The van der Waals surface area contributed by atoms with Crippen LogP contribution < -0.4 is 16.4 Å². The fourth-order valence-electron chi connectivity index (χ4n) is 2.03. The average Bonchev–Trinajstić information content (AvgIpc) is 3.18. The molecule has 4 N–H and O–H groups in total. The topological polar surface area (TPSA) is 102 Å². The average molecular weight is 325 g/mol. The summed E-state index contributed by atoms with van der Waals surface area (Å²) in [6.45, 7) is 1.28. The van der Waals surface area contributed by atoms with E-state index in [1.165, 1.54) is 22.7 Å². The lowest BCUT2D eigenvalue weighted by atomic mass is 10.2. The van der Waals surface area contributed by atoms with Gasteiger partial charge in [-0.05, 0) is 12.8 Å². The molecule has 3 rings (SSSR count). The minimum Gasteiger partial charge on any atom is -0.382 e. The zero-order valence-electron chi connectivity index (χ0n) is 11.2. The van der Waals surface area contributed by atoms with Crippen molar-refractivity contribution in [2.75, 3.05) is 24.2 Å². The summed E-state index contributed by atoms with van der Waals surface area (Å²) in [6, 6.07) is -0.301. The second-order valence-electron chi connectivity index (χ2n) is 4.54. The van der Waals surface area contributed by atoms with Crippen LogP contribution in [0.3, 0.4) is 0 Å². The number of nitrogen functional groups attached to an aromatic ring is 1. The largest absolute Gasteiger partial charge is 0.382 e. The van der Waals surface area contributed by atoms with Crippen molar-refractivity contribution in [1.82, 2.24) is 15.3 Å². The molecule has 1 aliphatic rings. The Kier molecular flexibility index (Phi) is 4.32. The number of urea groups is 1. The van der Waals surface area contributed by atoms with E-state index in [1.807, 2.05) is 5.38 Å². The molecule has 0 aliphatic carbocycles. The van der Waals surface area contributed by atoms with Gasteiger partial charge in [0.05, 0.1) is 6.10 Å². The van der Waals surface area contributed by atoms with Crippen molar-refractivity contribution < 1.29 is 9.53 Å². The lowest BCUT2D eigenvalue weighted by Gasteiger charge is -2.10. The quantitative estimate of drug-likeness (QED) is 0.799. The van der Waals surface area contributed by atoms with Crippen molar-refractivity contribution >= 4 is 39.7 Å². The van der Waals surface area contributed by atoms with Gasteiger partial charge in [-0.2, -0.15) is 0 Å². The normalized spacial score (nSPS) is 17.8. The molecule has 0 radical (unpaired) electrons. The number of carbonyl (C=O) groups excluding carboxylic acids is 1. The Bertz CT molecular complexity index is 607. The van der Waals surface area contributed by atoms with Gasteiger partial charge in [-0.15, -0.1) is 11.3 Å². The summed E-state index contributed by atoms with van der Waals surface area (Å²) in [6.07, 6.45) is 3.86. The van der Waals surface area contributed by atoms with Gasteiger partial charge in [-0.3, -0.25) is 5.32 Å². The monoisotopic (exact) mass is 325 g/mol. The maximum Gasteiger partial charge on any atom is 0.321 e. The summed E-state index contributed by atoms with van der Waals surface area (Å²) >= 11 is 2.80. The molecule has 0 unspecified atom stereocenters. The molecule has 3 heterocycles. The van der Waals surface area contributed by atoms with Gasteiger partial charge in [0, 0.05) is 24.7 Å². The van der Waals surface area contributed by atoms with Crippen LogP contribution in [0.1, 0.15) is 12.8 Å². The van der Waals surface area contributed by atoms with Gasteiger partial charge in [0.2, 0.25) is 0 Å². The number of carbonyl (C=O) groups is 1. The summed E-state index contributed by atoms with van der Waals surface area (Å²) in [7, 11) is 0. The molecule has 1 saturated heterocycles. The Morgan fingerprint density at radius 2 is 2.48 bits per heavy atom. The number of thiazole rings is 2. The molecular formula is C12H15N5O2S2. The molecule has 0 spiro atoms. The molecular weight excluding hydrogens is 310 g/mol. The van der Waals surface area contributed by atoms with Crippen molar-refractivity contribution in [1.29, 1.82) is 0 Å². The third-order valence-corrected chi connectivity index (χ3v) is 4.93. The Balaban J connectivity index is 1.57. The maximum absolute atomic E-state index is 11.8. The summed E-state index contributed by atoms with van der Waals surface area (Å²) in [5.41, 5.74) is 5.86. The molecule has 9 heteroatoms. The second-order valence-corrected chi connectivity index (χ2v) is 6.43. The van der Waals surface area contributed by atoms with E-state index >= 15 is 0 Å². The number of hydrogen-bond acceptors (Lipinski definition) is 7. The van der Waals surface area contributed by atoms with E-state index in [0.29, 0.717) is 17.5 Å². The molecule has 0 bridgehead atoms. The van der Waals surface area contributed by atoms with Crippen molar-refractivity contribution in [3.63, 3.8) is 0 Å². The Morgan fingerprint density at radius 3 is 3.19 bits per heavy atom. The first-order chi connectivity index (χ1) is 10.2. The number of nitrogens with zero attached hydrogens (tertiary/aromatic N) is 2. The summed E-state index contributed by atoms with van der Waals surface area (Å²) in [5, 5.41) is 8.60. The number of nitrogens with two attached hydrogens (primary N) is 1. The molecule has 2 aromatic rings. The highest BCUT2D eigenvalue weighted by molar-refractivity contribution is 7.23. The molecule has 1 atom stereocenters. The van der Waals surface area contributed by atoms with Gasteiger partial charge in [0.25, 0.3) is 0 Å². The molecule has 2 amide bonds. The van der Waals surface area contributed by atoms with Gasteiger partial charge >= 0.3 is 6.03 Å². The van der Waals surface area contributed by atoms with E-state index in [-0.39, 0.29) is 12.1 Å². The number of ether oxygens (including phenoxy) is 1. The van der Waals surface area contributed by atoms with Crippen molar-refractivity contribution in [3.8, 4) is 9.88 Å². The summed E-state index contributed by atoms with van der Waals surface area (Å²) in [4.78, 5) is 20.9. The first-order valence-corrected chi connectivity index (χ1v) is 8.24. The molecule has 2 aromatic heterocycles. The van der Waals surface area contributed by atoms with Gasteiger partial charge in [-0.1, -0.05) is 11.3 Å². The number of hydrogen-bond donors (Lipinski definition) is 3. The summed E-state index contributed by atoms with van der Waals surface area (Å²) < 4.78 is 5.44. The van der Waals surface area contributed by atoms with Crippen LogP contribution in [-0.2, 0) is 4.74 Å². The van der Waals surface area contributed by atoms with E-state index in [1.54, 1.807) is 6.20 Å². The van der Waals surface area contributed by atoms with Gasteiger partial charge < -0.3 is 15.8 Å². The van der Waals surface area contributed by atoms with E-state index < -0.39 is 0 Å². The minimum atomic E-state index is -0.301. The fourth-order valence-corrected chi connectivity index (χ4v) is 3.65. The van der Waals surface area contributed by atoms with E-state index in [4.69, 9.17) is 10.5 Å². The van der Waals surface area contributed by atoms with Crippen LogP contribution in [0, 0.1) is 0 Å². The smallest absolute Gasteiger partial charge is 0.321 e. The molecule has 7 nitrogen and oxygen atoms in total. The van der Waals surface area contributed by atoms with Crippen LogP contribution in [0.2, 0.25) is 0 Å². The van der Waals surface area contributed by atoms with E-state index in [9.17, 15) is 4.79 Å². The minimum absolute atomic E-state index is 0.114. The lowest BCUT2D eigenvalue weighted by Crippen LogP contribution is -2.34. The van der Waals surface area contributed by atoms with Gasteiger partial charge in [0.1, 0.15) is 15.7 Å². The molecule has 0 aromatic carbocycles. The van der Waals surface area contributed by atoms with E-state index in [0.717, 1.165) is 29.3 Å². The Morgan fingerprint density at radius 1 is 1.57 bits per heavy atom. The van der Waals surface area contributed by atoms with Crippen LogP contribution in [-0.4, -0.2) is 35.3 Å². The third-order valence-electron chi connectivity index (χ3n) is 3.01. The third kappa shape index (κ3) is 3.49. The van der Waals surface area contributed by atoms with Crippen LogP contribution in [0.15, 0.2) is 11.6 Å². The zero-order valence-corrected chi connectivity index (χ0v) is 12.8. The predicted octanol–water partition coefficient (Wildman–Crippen LogP) is 2.15. The lowest BCUT2D eigenvalue weighted by molar-refractivity contribution is 0.112. The van der Waals surface area contributed by atoms with Crippen molar-refractivity contribution in [2.45, 2.75) is 18.9 Å². The first-order valence-electron chi connectivity index (χ1n) is 6.55. The highest BCUT2D eigenvalue weighted by Crippen LogP contribution is 2.35. The molecule has 1 aliphatic heterocycles. The number of nitrogens with one attached hydrogen (secondary N) is 2. The fraction of sp³-hybridized carbons (Fsp3) is 0.417. The standard InChI is InChI=1S/C12H15N5O2S2/c13-9-8(10-14-3-5-20-10)21-12(16-9)17-11(18)15-6-7-2-1-4-19-7/h3,5,7H,1-2,4,6,13H2,(H2,15,16,17,18)/t7-/m0/s1. The molecule has 21 heavy (non-hydrogen) atoms. The van der Waals surface area contributed by atoms with E-state index in [2.05, 4.69) is 20.6 Å². The summed E-state index contributed by atoms with van der Waals surface area (Å²) in [5.74, 6) is 0.379. The number of anilines is 2. The zero-order chi connectivity index (χ0) is 14.7. The Hall–Kier alpha value is -1.71. The highest BCUT2D eigenvalue weighted by atomic mass is 32.1. The van der Waals surface area contributed by atoms with Crippen molar-refractivity contribution in [2.24, 2.45) is 0 Å². The molecule has 0 saturated carbocycles. The van der Waals surface area contributed by atoms with Gasteiger partial charge in [0.15, 0.2) is 5.13 Å². The maximum atomic E-state index is 11.8. The predicted molar refractivity (Wildman–Crippen MR) is 83.6 cm³/mol.